The molecule has 0 aliphatic carbocycles. The number of nitrogens with zero attached hydrogens (tertiary/aromatic N) is 3. The SMILES string of the molecule is COC[C@H]1C[C@H](n2nc(Br)c(C(N)=O)c2NCCCN2CCOCC2)CN1.Cl. The molecule has 9 nitrogen and oxygen atoms in total. The summed E-state index contributed by atoms with van der Waals surface area (Å²) in [4.78, 5) is 14.4. The first kappa shape index (κ1) is 23.4. The number of amides is 1. The van der Waals surface area contributed by atoms with Crippen LogP contribution in [0.25, 0.3) is 0 Å². The normalized spacial score (nSPS) is 22.8. The van der Waals surface area contributed by atoms with Crippen LogP contribution < -0.4 is 16.4 Å². The van der Waals surface area contributed by atoms with E-state index in [1.165, 1.54) is 0 Å². The van der Waals surface area contributed by atoms with Crippen LogP contribution in [0.3, 0.4) is 0 Å². The van der Waals surface area contributed by atoms with E-state index in [1.54, 1.807) is 7.11 Å². The highest BCUT2D eigenvalue weighted by molar-refractivity contribution is 9.10. The third-order valence-corrected chi connectivity index (χ3v) is 5.63. The van der Waals surface area contributed by atoms with Gasteiger partial charge in [-0.15, -0.1) is 12.4 Å². The molecule has 0 radical (unpaired) electrons. The van der Waals surface area contributed by atoms with Crippen LogP contribution in [0.1, 0.15) is 29.2 Å². The van der Waals surface area contributed by atoms with E-state index in [-0.39, 0.29) is 24.5 Å². The average Bonchev–Trinajstić information content (AvgIpc) is 3.24. The van der Waals surface area contributed by atoms with Crippen molar-refractivity contribution in [2.75, 3.05) is 65.0 Å². The number of halogens is 2. The first-order chi connectivity index (χ1) is 13.1. The molecule has 4 N–H and O–H groups in total. The number of aromatic nitrogens is 2. The van der Waals surface area contributed by atoms with Crippen molar-refractivity contribution in [3.8, 4) is 0 Å². The first-order valence-corrected chi connectivity index (χ1v) is 10.2. The fourth-order valence-electron chi connectivity index (χ4n) is 3.71. The third kappa shape index (κ3) is 5.80. The molecule has 0 spiro atoms. The molecule has 2 fully saturated rings. The molecule has 28 heavy (non-hydrogen) atoms. The van der Waals surface area contributed by atoms with Gasteiger partial charge >= 0.3 is 0 Å². The largest absolute Gasteiger partial charge is 0.383 e. The number of primary amides is 1. The maximum atomic E-state index is 12.0. The minimum absolute atomic E-state index is 0. The molecule has 0 bridgehead atoms. The number of hydrogen-bond donors (Lipinski definition) is 3. The first-order valence-electron chi connectivity index (χ1n) is 9.44. The Hall–Kier alpha value is -0.910. The number of methoxy groups -OCH3 is 1. The van der Waals surface area contributed by atoms with Crippen molar-refractivity contribution in [1.82, 2.24) is 20.0 Å². The lowest BCUT2D eigenvalue weighted by Crippen LogP contribution is -2.37. The fraction of sp³-hybridized carbons (Fsp3) is 0.765. The molecule has 3 heterocycles. The number of carbonyl (C=O) groups is 1. The van der Waals surface area contributed by atoms with Gasteiger partial charge in [0.1, 0.15) is 16.0 Å². The summed E-state index contributed by atoms with van der Waals surface area (Å²) in [5, 5.41) is 11.4. The van der Waals surface area contributed by atoms with E-state index in [1.807, 2.05) is 4.68 Å². The van der Waals surface area contributed by atoms with Crippen molar-refractivity contribution in [1.29, 1.82) is 0 Å². The Morgan fingerprint density at radius 3 is 2.89 bits per heavy atom. The molecular formula is C17H30BrClN6O3. The Morgan fingerprint density at radius 2 is 2.21 bits per heavy atom. The fourth-order valence-corrected chi connectivity index (χ4v) is 4.26. The molecular weight excluding hydrogens is 452 g/mol. The van der Waals surface area contributed by atoms with Crippen LogP contribution in [0.4, 0.5) is 5.82 Å². The van der Waals surface area contributed by atoms with Crippen LogP contribution in [0.5, 0.6) is 0 Å². The van der Waals surface area contributed by atoms with Crippen LogP contribution in [0, 0.1) is 0 Å². The van der Waals surface area contributed by atoms with E-state index in [2.05, 4.69) is 36.6 Å². The van der Waals surface area contributed by atoms with Gasteiger partial charge in [0.15, 0.2) is 0 Å². The minimum atomic E-state index is -0.483. The van der Waals surface area contributed by atoms with E-state index >= 15 is 0 Å². The molecule has 0 aromatic carbocycles. The quantitative estimate of drug-likeness (QED) is 0.449. The number of carbonyl (C=O) groups excluding carboxylic acids is 1. The van der Waals surface area contributed by atoms with Crippen LogP contribution in [0.15, 0.2) is 4.60 Å². The highest BCUT2D eigenvalue weighted by Gasteiger charge is 2.30. The second-order valence-electron chi connectivity index (χ2n) is 7.01. The van der Waals surface area contributed by atoms with Crippen molar-refractivity contribution in [2.24, 2.45) is 5.73 Å². The van der Waals surface area contributed by atoms with Crippen LogP contribution in [-0.2, 0) is 9.47 Å². The lowest BCUT2D eigenvalue weighted by molar-refractivity contribution is 0.0378. The molecule has 11 heteroatoms. The molecule has 0 unspecified atom stereocenters. The van der Waals surface area contributed by atoms with E-state index in [0.29, 0.717) is 22.6 Å². The van der Waals surface area contributed by atoms with Gasteiger partial charge in [0.2, 0.25) is 0 Å². The average molecular weight is 482 g/mol. The van der Waals surface area contributed by atoms with Gasteiger partial charge in [-0.25, -0.2) is 4.68 Å². The predicted octanol–water partition coefficient (Wildman–Crippen LogP) is 0.850. The molecule has 2 atom stereocenters. The molecule has 1 amide bonds. The third-order valence-electron chi connectivity index (χ3n) is 5.07. The summed E-state index contributed by atoms with van der Waals surface area (Å²) in [7, 11) is 1.70. The Balaban J connectivity index is 0.00000280. The number of nitrogens with two attached hydrogens (primary N) is 1. The smallest absolute Gasteiger partial charge is 0.255 e. The van der Waals surface area contributed by atoms with E-state index in [4.69, 9.17) is 15.2 Å². The highest BCUT2D eigenvalue weighted by atomic mass is 79.9. The zero-order valence-electron chi connectivity index (χ0n) is 16.2. The van der Waals surface area contributed by atoms with Crippen LogP contribution >= 0.6 is 28.3 Å². The Labute approximate surface area is 180 Å². The number of morpholine rings is 1. The molecule has 2 aliphatic heterocycles. The molecule has 1 aromatic rings. The van der Waals surface area contributed by atoms with Crippen molar-refractivity contribution >= 4 is 40.1 Å². The lowest BCUT2D eigenvalue weighted by atomic mass is 10.2. The van der Waals surface area contributed by atoms with Gasteiger partial charge in [-0.2, -0.15) is 5.10 Å². The van der Waals surface area contributed by atoms with Crippen molar-refractivity contribution in [3.05, 3.63) is 10.2 Å². The topological polar surface area (TPSA) is 107 Å². The van der Waals surface area contributed by atoms with Gasteiger partial charge in [-0.3, -0.25) is 9.69 Å². The Morgan fingerprint density at radius 1 is 1.46 bits per heavy atom. The predicted molar refractivity (Wildman–Crippen MR) is 113 cm³/mol. The standard InChI is InChI=1S/C17H29BrN6O3.ClH/c1-26-11-12-9-13(10-21-12)24-17(14(16(19)25)15(18)22-24)20-3-2-4-23-5-7-27-8-6-23;/h12-13,20-21H,2-11H2,1H3,(H2,19,25);1H/t12-,13+;/m1./s1. The number of nitrogens with one attached hydrogen (secondary N) is 2. The summed E-state index contributed by atoms with van der Waals surface area (Å²) >= 11 is 3.39. The van der Waals surface area contributed by atoms with Crippen LogP contribution in [0.2, 0.25) is 0 Å². The zero-order chi connectivity index (χ0) is 19.2. The van der Waals surface area contributed by atoms with Crippen molar-refractivity contribution in [3.63, 3.8) is 0 Å². The van der Waals surface area contributed by atoms with Gasteiger partial charge in [0.05, 0.1) is 25.9 Å². The number of hydrogen-bond acceptors (Lipinski definition) is 7. The van der Waals surface area contributed by atoms with Crippen LogP contribution in [-0.4, -0.2) is 86.3 Å². The second kappa shape index (κ2) is 11.3. The summed E-state index contributed by atoms with van der Waals surface area (Å²) in [6.45, 7) is 6.74. The van der Waals surface area contributed by atoms with Gasteiger partial charge in [-0.05, 0) is 35.3 Å². The maximum Gasteiger partial charge on any atom is 0.255 e. The molecule has 2 aliphatic rings. The molecule has 3 rings (SSSR count). The highest BCUT2D eigenvalue weighted by Crippen LogP contribution is 2.30. The number of ether oxygens (including phenoxy) is 2. The van der Waals surface area contributed by atoms with Crippen molar-refractivity contribution < 1.29 is 14.3 Å². The number of anilines is 1. The lowest BCUT2D eigenvalue weighted by Gasteiger charge is -2.26. The Bertz CT molecular complexity index is 641. The van der Waals surface area contributed by atoms with Gasteiger partial charge in [0, 0.05) is 39.3 Å². The monoisotopic (exact) mass is 480 g/mol. The maximum absolute atomic E-state index is 12.0. The van der Waals surface area contributed by atoms with E-state index < -0.39 is 5.91 Å². The summed E-state index contributed by atoms with van der Waals surface area (Å²) in [5.41, 5.74) is 6.02. The zero-order valence-corrected chi connectivity index (χ0v) is 18.6. The Kier molecular flexibility index (Phi) is 9.45. The molecule has 0 saturated carbocycles. The molecule has 160 valence electrons. The summed E-state index contributed by atoms with van der Waals surface area (Å²) in [6, 6.07) is 0.436. The van der Waals surface area contributed by atoms with Gasteiger partial charge < -0.3 is 25.8 Å². The van der Waals surface area contributed by atoms with Crippen molar-refractivity contribution in [2.45, 2.75) is 24.9 Å². The van der Waals surface area contributed by atoms with E-state index in [9.17, 15) is 4.79 Å². The van der Waals surface area contributed by atoms with Gasteiger partial charge in [-0.1, -0.05) is 0 Å². The molecule has 1 aromatic heterocycles. The second-order valence-corrected chi connectivity index (χ2v) is 7.76. The summed E-state index contributed by atoms with van der Waals surface area (Å²) in [6.07, 6.45) is 1.86. The summed E-state index contributed by atoms with van der Waals surface area (Å²) in [5.74, 6) is 0.212. The number of rotatable bonds is 9. The van der Waals surface area contributed by atoms with E-state index in [0.717, 1.165) is 58.8 Å². The summed E-state index contributed by atoms with van der Waals surface area (Å²) < 4.78 is 13.0. The van der Waals surface area contributed by atoms with Gasteiger partial charge in [0.25, 0.3) is 5.91 Å². The minimum Gasteiger partial charge on any atom is -0.383 e. The molecule has 2 saturated heterocycles.